The number of allylic oxidation sites excluding steroid dienone is 2. The van der Waals surface area contributed by atoms with Gasteiger partial charge >= 0.3 is 5.97 Å². The number of aliphatic hydroxyl groups excluding tert-OH is 1. The fourth-order valence-corrected chi connectivity index (χ4v) is 10.6. The van der Waals surface area contributed by atoms with E-state index in [0.29, 0.717) is 11.8 Å². The highest BCUT2D eigenvalue weighted by atomic mass is 16.4. The molecule has 0 aromatic heterocycles. The van der Waals surface area contributed by atoms with Crippen molar-refractivity contribution in [3.8, 4) is 0 Å². The molecule has 0 amide bonds. The van der Waals surface area contributed by atoms with E-state index in [-0.39, 0.29) is 39.1 Å². The van der Waals surface area contributed by atoms with Crippen LogP contribution in [0.25, 0.3) is 0 Å². The summed E-state index contributed by atoms with van der Waals surface area (Å²) in [6.45, 7) is 16.9. The summed E-state index contributed by atoms with van der Waals surface area (Å²) in [6.07, 6.45) is 12.6. The molecule has 33 heavy (non-hydrogen) atoms. The molecular weight excluding hydrogens is 408 g/mol. The van der Waals surface area contributed by atoms with Crippen molar-refractivity contribution in [2.24, 2.45) is 50.2 Å². The van der Waals surface area contributed by atoms with Gasteiger partial charge in [0.2, 0.25) is 0 Å². The maximum Gasteiger partial charge on any atom is 0.310 e. The molecule has 2 N–H and O–H groups in total. The van der Waals surface area contributed by atoms with Crippen LogP contribution in [0.15, 0.2) is 11.6 Å². The topological polar surface area (TPSA) is 57.5 Å². The Morgan fingerprint density at radius 3 is 2.21 bits per heavy atom. The summed E-state index contributed by atoms with van der Waals surface area (Å²) in [5.41, 5.74) is 1.68. The molecule has 0 unspecified atom stereocenters. The molecule has 0 aromatic carbocycles. The Morgan fingerprint density at radius 1 is 0.879 bits per heavy atom. The van der Waals surface area contributed by atoms with Gasteiger partial charge in [-0.25, -0.2) is 0 Å². The minimum atomic E-state index is -0.553. The highest BCUT2D eigenvalue weighted by Gasteiger charge is 2.69. The van der Waals surface area contributed by atoms with E-state index in [4.69, 9.17) is 0 Å². The maximum absolute atomic E-state index is 12.8. The van der Waals surface area contributed by atoms with E-state index in [9.17, 15) is 15.0 Å². The molecule has 0 aliphatic heterocycles. The van der Waals surface area contributed by atoms with E-state index in [1.165, 1.54) is 18.4 Å². The molecule has 8 atom stereocenters. The zero-order valence-corrected chi connectivity index (χ0v) is 22.3. The van der Waals surface area contributed by atoms with Crippen molar-refractivity contribution >= 4 is 5.97 Å². The van der Waals surface area contributed by atoms with E-state index in [0.717, 1.165) is 51.4 Å². The van der Waals surface area contributed by atoms with Crippen molar-refractivity contribution in [1.29, 1.82) is 0 Å². The number of aliphatic hydroxyl groups is 1. The lowest BCUT2D eigenvalue weighted by molar-refractivity contribution is -0.205. The molecule has 3 nitrogen and oxygen atoms in total. The van der Waals surface area contributed by atoms with E-state index in [1.807, 2.05) is 0 Å². The van der Waals surface area contributed by atoms with E-state index in [2.05, 4.69) is 54.5 Å². The van der Waals surface area contributed by atoms with Crippen LogP contribution in [0.1, 0.15) is 113 Å². The Hall–Kier alpha value is -0.830. The Kier molecular flexibility index (Phi) is 4.99. The number of carbonyl (C=O) groups is 1. The summed E-state index contributed by atoms with van der Waals surface area (Å²) < 4.78 is 0. The highest BCUT2D eigenvalue weighted by molar-refractivity contribution is 5.76. The monoisotopic (exact) mass is 456 g/mol. The fraction of sp³-hybridized carbons (Fsp3) is 0.900. The first-order chi connectivity index (χ1) is 15.1. The van der Waals surface area contributed by atoms with Crippen LogP contribution >= 0.6 is 0 Å². The van der Waals surface area contributed by atoms with Crippen molar-refractivity contribution in [3.63, 3.8) is 0 Å². The molecule has 5 aliphatic carbocycles. The first kappa shape index (κ1) is 23.9. The minimum absolute atomic E-state index is 0.0301. The molecule has 0 saturated heterocycles. The van der Waals surface area contributed by atoms with Crippen LogP contribution in [0.4, 0.5) is 0 Å². The molecule has 0 bridgehead atoms. The lowest BCUT2D eigenvalue weighted by atomic mass is 9.33. The Labute approximate surface area is 201 Å². The smallest absolute Gasteiger partial charge is 0.310 e. The van der Waals surface area contributed by atoms with Gasteiger partial charge < -0.3 is 10.2 Å². The van der Waals surface area contributed by atoms with Crippen LogP contribution in [0.5, 0.6) is 0 Å². The Bertz CT molecular complexity index is 885. The molecule has 0 heterocycles. The van der Waals surface area contributed by atoms with Gasteiger partial charge in [0.05, 0.1) is 11.5 Å². The second-order valence-corrected chi connectivity index (χ2v) is 15.1. The van der Waals surface area contributed by atoms with E-state index >= 15 is 0 Å². The van der Waals surface area contributed by atoms with Crippen molar-refractivity contribution in [2.45, 2.75) is 119 Å². The molecule has 3 heteroatoms. The van der Waals surface area contributed by atoms with Crippen LogP contribution in [0, 0.1) is 50.2 Å². The number of aliphatic carboxylic acids is 1. The van der Waals surface area contributed by atoms with Crippen LogP contribution in [-0.2, 0) is 4.79 Å². The lowest BCUT2D eigenvalue weighted by Crippen LogP contribution is -2.65. The molecular formula is C30H48O3. The summed E-state index contributed by atoms with van der Waals surface area (Å²) >= 11 is 0. The van der Waals surface area contributed by atoms with E-state index < -0.39 is 11.4 Å². The SMILES string of the molecule is CC1(C)CC[C@]2(C(=O)O)CC[C@]3(C)C(=CC[C@H]4[C@@]5(C)CC[C@@H](O)C(C)(C)[C@H]5CC[C@]43C)[C@@H]2C1. The number of rotatable bonds is 1. The summed E-state index contributed by atoms with van der Waals surface area (Å²) in [5.74, 6) is 0.807. The number of carboxylic acid groups (broad SMARTS) is 1. The quantitative estimate of drug-likeness (QED) is 0.409. The zero-order valence-electron chi connectivity index (χ0n) is 22.3. The molecule has 0 aromatic rings. The third-order valence-electron chi connectivity index (χ3n) is 13.0. The maximum atomic E-state index is 12.8. The van der Waals surface area contributed by atoms with Crippen LogP contribution in [0.3, 0.4) is 0 Å². The molecule has 4 fully saturated rings. The molecule has 5 aliphatic rings. The van der Waals surface area contributed by atoms with E-state index in [1.54, 1.807) is 0 Å². The van der Waals surface area contributed by atoms with Gasteiger partial charge in [0.25, 0.3) is 0 Å². The van der Waals surface area contributed by atoms with Crippen molar-refractivity contribution in [2.75, 3.05) is 0 Å². The second-order valence-electron chi connectivity index (χ2n) is 15.1. The van der Waals surface area contributed by atoms with Crippen LogP contribution in [0.2, 0.25) is 0 Å². The normalized spacial score (nSPS) is 52.4. The van der Waals surface area contributed by atoms with Crippen LogP contribution in [-0.4, -0.2) is 22.3 Å². The summed E-state index contributed by atoms with van der Waals surface area (Å²) in [7, 11) is 0. The summed E-state index contributed by atoms with van der Waals surface area (Å²) in [5, 5.41) is 21.4. The first-order valence-corrected chi connectivity index (χ1v) is 13.8. The third-order valence-corrected chi connectivity index (χ3v) is 13.0. The van der Waals surface area contributed by atoms with Crippen molar-refractivity contribution in [1.82, 2.24) is 0 Å². The zero-order chi connectivity index (χ0) is 24.2. The molecule has 0 radical (unpaired) electrons. The molecule has 5 rings (SSSR count). The predicted octanol–water partition coefficient (Wildman–Crippen LogP) is 7.23. The number of carboxylic acids is 1. The highest BCUT2D eigenvalue weighted by Crippen LogP contribution is 2.75. The summed E-state index contributed by atoms with van der Waals surface area (Å²) in [6, 6.07) is 0. The Morgan fingerprint density at radius 2 is 1.55 bits per heavy atom. The lowest BCUT2D eigenvalue weighted by Gasteiger charge is -2.71. The average molecular weight is 457 g/mol. The molecule has 0 spiro atoms. The van der Waals surface area contributed by atoms with Crippen molar-refractivity contribution in [3.05, 3.63) is 11.6 Å². The largest absolute Gasteiger partial charge is 0.481 e. The number of hydrogen-bond acceptors (Lipinski definition) is 2. The van der Waals surface area contributed by atoms with Gasteiger partial charge in [0.15, 0.2) is 0 Å². The van der Waals surface area contributed by atoms with Gasteiger partial charge in [0, 0.05) is 0 Å². The Balaban J connectivity index is 1.60. The average Bonchev–Trinajstić information content (AvgIpc) is 2.71. The minimum Gasteiger partial charge on any atom is -0.481 e. The molecule has 186 valence electrons. The standard InChI is InChI=1S/C30H48O3/c1-25(2)14-16-30(24(32)33)17-15-28(6)19(20(30)18-25)8-9-22-27(5)12-11-23(31)26(3,4)21(27)10-13-29(22,28)7/h8,20-23,31H,9-18H2,1-7H3,(H,32,33)/t20-,21+,22-,23+,27-,28+,29+,30-/m0/s1. The van der Waals surface area contributed by atoms with Gasteiger partial charge in [-0.2, -0.15) is 0 Å². The third kappa shape index (κ3) is 2.87. The van der Waals surface area contributed by atoms with Gasteiger partial charge in [-0.1, -0.05) is 60.1 Å². The van der Waals surface area contributed by atoms with Crippen LogP contribution < -0.4 is 0 Å². The van der Waals surface area contributed by atoms with Gasteiger partial charge in [-0.3, -0.25) is 4.79 Å². The van der Waals surface area contributed by atoms with Crippen molar-refractivity contribution < 1.29 is 15.0 Å². The van der Waals surface area contributed by atoms with Gasteiger partial charge in [-0.15, -0.1) is 0 Å². The molecule has 4 saturated carbocycles. The predicted molar refractivity (Wildman–Crippen MR) is 133 cm³/mol. The van der Waals surface area contributed by atoms with Gasteiger partial charge in [-0.05, 0) is 109 Å². The number of fused-ring (bicyclic) bond motifs is 7. The summed E-state index contributed by atoms with van der Waals surface area (Å²) in [4.78, 5) is 12.8. The van der Waals surface area contributed by atoms with Gasteiger partial charge in [0.1, 0.15) is 0 Å². The fourth-order valence-electron chi connectivity index (χ4n) is 10.6. The number of hydrogen-bond donors (Lipinski definition) is 2. The second kappa shape index (κ2) is 6.89. The first-order valence-electron chi connectivity index (χ1n) is 13.8.